The summed E-state index contributed by atoms with van der Waals surface area (Å²) in [6.07, 6.45) is 0.829. The quantitative estimate of drug-likeness (QED) is 0.411. The number of ether oxygens (including phenoxy) is 1. The Morgan fingerprint density at radius 3 is 2.54 bits per heavy atom. The maximum absolute atomic E-state index is 13.8. The molecule has 3 heterocycles. The summed E-state index contributed by atoms with van der Waals surface area (Å²) in [6, 6.07) is 12.7. The molecule has 2 aliphatic carbocycles. The van der Waals surface area contributed by atoms with Gasteiger partial charge in [0.25, 0.3) is 0 Å². The molecular weight excluding hydrogens is 576 g/mol. The van der Waals surface area contributed by atoms with E-state index in [1.165, 1.54) is 16.2 Å². The molecule has 10 heteroatoms. The summed E-state index contributed by atoms with van der Waals surface area (Å²) in [5.41, 5.74) is 1.57. The number of thiazole rings is 1. The minimum absolute atomic E-state index is 0.0316. The lowest BCUT2D eigenvalue weighted by Crippen LogP contribution is -2.42. The van der Waals surface area contributed by atoms with Crippen LogP contribution in [0.3, 0.4) is 0 Å². The number of anilines is 1. The number of phenols is 1. The third-order valence-electron chi connectivity index (χ3n) is 8.45. The number of nitrogens with zero attached hydrogens (tertiary/aromatic N) is 1. The van der Waals surface area contributed by atoms with Crippen molar-refractivity contribution in [1.82, 2.24) is 4.98 Å². The van der Waals surface area contributed by atoms with Crippen LogP contribution in [0.5, 0.6) is 11.5 Å². The van der Waals surface area contributed by atoms with Crippen molar-refractivity contribution in [3.63, 3.8) is 0 Å². The minimum Gasteiger partial charge on any atom is -0.504 e. The summed E-state index contributed by atoms with van der Waals surface area (Å²) in [4.78, 5) is 45.2. The number of halogens is 1. The van der Waals surface area contributed by atoms with Gasteiger partial charge in [0.15, 0.2) is 11.5 Å². The van der Waals surface area contributed by atoms with Crippen LogP contribution < -0.4 is 14.5 Å². The number of thioether (sulfide) groups is 1. The molecule has 3 fully saturated rings. The number of carbonyl (C=O) groups excluding carboxylic acids is 2. The zero-order chi connectivity index (χ0) is 25.6. The van der Waals surface area contributed by atoms with E-state index in [1.807, 2.05) is 31.2 Å². The van der Waals surface area contributed by atoms with Crippen LogP contribution in [0.4, 0.5) is 5.69 Å². The van der Waals surface area contributed by atoms with Crippen LogP contribution in [0.25, 0.3) is 0 Å². The predicted molar refractivity (Wildman–Crippen MR) is 144 cm³/mol. The maximum atomic E-state index is 13.8. The first-order chi connectivity index (χ1) is 17.9. The Morgan fingerprint density at radius 2 is 1.81 bits per heavy atom. The Balaban J connectivity index is 1.32. The first-order valence-electron chi connectivity index (χ1n) is 12.4. The van der Waals surface area contributed by atoms with Crippen molar-refractivity contribution in [2.75, 3.05) is 11.5 Å². The molecule has 2 bridgehead atoms. The van der Waals surface area contributed by atoms with Crippen LogP contribution in [0.15, 0.2) is 56.8 Å². The Labute approximate surface area is 229 Å². The number of carbonyl (C=O) groups is 2. The number of amides is 2. The molecular formula is C27H23BrN2O5S2. The highest BCUT2D eigenvalue weighted by atomic mass is 79.9. The largest absolute Gasteiger partial charge is 0.504 e. The molecule has 0 radical (unpaired) electrons. The number of rotatable bonds is 4. The molecule has 7 rings (SSSR count). The number of aromatic nitrogens is 1. The summed E-state index contributed by atoms with van der Waals surface area (Å²) in [6.45, 7) is 2.29. The SMILES string of the molecule is CCOc1cc([C@@H]2c3sc(=O)[nH]c3S[C@@H]3[C@@H]4C[C@@H]([C@@H]5C(=O)N(c6ccc(Br)cc6)C(=O)[C@@H]45)[C@@H]23)ccc1O. The molecule has 1 saturated heterocycles. The van der Waals surface area contributed by atoms with Gasteiger partial charge in [-0.25, -0.2) is 0 Å². The molecule has 0 unspecified atom stereocenters. The van der Waals surface area contributed by atoms with Crippen LogP contribution in [-0.2, 0) is 9.59 Å². The maximum Gasteiger partial charge on any atom is 0.305 e. The molecule has 4 aliphatic rings. The van der Waals surface area contributed by atoms with Crippen molar-refractivity contribution < 1.29 is 19.4 Å². The van der Waals surface area contributed by atoms with Gasteiger partial charge in [-0.2, -0.15) is 0 Å². The summed E-state index contributed by atoms with van der Waals surface area (Å²) in [5.74, 6) is -0.352. The number of hydrogen-bond acceptors (Lipinski definition) is 7. The number of imide groups is 1. The van der Waals surface area contributed by atoms with Gasteiger partial charge < -0.3 is 14.8 Å². The van der Waals surface area contributed by atoms with E-state index in [1.54, 1.807) is 30.0 Å². The molecule has 0 spiro atoms. The lowest BCUT2D eigenvalue weighted by atomic mass is 9.68. The molecule has 2 N–H and O–H groups in total. The van der Waals surface area contributed by atoms with E-state index in [0.29, 0.717) is 18.0 Å². The van der Waals surface area contributed by atoms with Crippen molar-refractivity contribution in [2.24, 2.45) is 29.6 Å². The number of hydrogen-bond donors (Lipinski definition) is 2. The third kappa shape index (κ3) is 3.34. The van der Waals surface area contributed by atoms with Crippen molar-refractivity contribution in [3.8, 4) is 11.5 Å². The Hall–Kier alpha value is -2.56. The van der Waals surface area contributed by atoms with Gasteiger partial charge in [-0.1, -0.05) is 33.3 Å². The van der Waals surface area contributed by atoms with E-state index in [2.05, 4.69) is 20.9 Å². The minimum atomic E-state index is -0.355. The van der Waals surface area contributed by atoms with Crippen molar-refractivity contribution in [1.29, 1.82) is 0 Å². The zero-order valence-corrected chi connectivity index (χ0v) is 22.9. The molecule has 7 nitrogen and oxygen atoms in total. The lowest BCUT2D eigenvalue weighted by molar-refractivity contribution is -0.123. The smallest absolute Gasteiger partial charge is 0.305 e. The fraction of sp³-hybridized carbons (Fsp3) is 0.370. The van der Waals surface area contributed by atoms with E-state index >= 15 is 0 Å². The number of nitrogens with one attached hydrogen (secondary N) is 1. The topological polar surface area (TPSA) is 99.7 Å². The normalized spacial score (nSPS) is 31.4. The fourth-order valence-corrected chi connectivity index (χ4v) is 10.4. The van der Waals surface area contributed by atoms with Gasteiger partial charge in [-0.05, 0) is 73.1 Å². The second kappa shape index (κ2) is 8.47. The second-order valence-corrected chi connectivity index (χ2v) is 13.2. The Bertz CT molecular complexity index is 1500. The highest BCUT2D eigenvalue weighted by Gasteiger charge is 2.69. The standard InChI is InChI=1S/C27H23BrN2O5S2/c1-2-35-17-9-11(3-8-16(17)31)18-19-14-10-15(22(19)36-24-23(18)37-27(34)29-24)21-20(14)25(32)30(26(21)33)13-6-4-12(28)5-7-13/h3-9,14-15,18-22,31H,2,10H2,1H3,(H,29,34)/t14-,15-,18+,19+,20+,21+,22-/m1/s1. The van der Waals surface area contributed by atoms with Crippen LogP contribution in [0.1, 0.15) is 29.7 Å². The van der Waals surface area contributed by atoms with Gasteiger partial charge in [-0.3, -0.25) is 19.3 Å². The molecule has 2 amide bonds. The number of aromatic hydroxyl groups is 1. The van der Waals surface area contributed by atoms with Crippen LogP contribution >= 0.6 is 39.0 Å². The average molecular weight is 600 g/mol. The molecule has 1 aromatic heterocycles. The summed E-state index contributed by atoms with van der Waals surface area (Å²) in [7, 11) is 0. The Kier molecular flexibility index (Phi) is 5.39. The first kappa shape index (κ1) is 23.5. The number of aromatic amines is 1. The highest BCUT2D eigenvalue weighted by molar-refractivity contribution is 9.10. The van der Waals surface area contributed by atoms with Gasteiger partial charge >= 0.3 is 4.87 Å². The molecule has 2 saturated carbocycles. The van der Waals surface area contributed by atoms with Crippen molar-refractivity contribution in [2.45, 2.75) is 29.5 Å². The molecule has 7 atom stereocenters. The van der Waals surface area contributed by atoms with Crippen LogP contribution in [0.2, 0.25) is 0 Å². The highest BCUT2D eigenvalue weighted by Crippen LogP contribution is 2.68. The monoisotopic (exact) mass is 598 g/mol. The molecule has 2 aromatic carbocycles. The molecule has 190 valence electrons. The van der Waals surface area contributed by atoms with Gasteiger partial charge in [0.2, 0.25) is 11.8 Å². The fourth-order valence-electron chi connectivity index (χ4n) is 7.23. The van der Waals surface area contributed by atoms with Gasteiger partial charge in [-0.15, -0.1) is 11.8 Å². The van der Waals surface area contributed by atoms with Crippen LogP contribution in [0, 0.1) is 29.6 Å². The molecule has 3 aromatic rings. The van der Waals surface area contributed by atoms with Crippen molar-refractivity contribution in [3.05, 3.63) is 67.0 Å². The van der Waals surface area contributed by atoms with Gasteiger partial charge in [0.05, 0.1) is 29.2 Å². The first-order valence-corrected chi connectivity index (χ1v) is 14.8. The molecule has 2 aliphatic heterocycles. The summed E-state index contributed by atoms with van der Waals surface area (Å²) >= 11 is 6.31. The zero-order valence-electron chi connectivity index (χ0n) is 19.7. The van der Waals surface area contributed by atoms with Crippen molar-refractivity contribution >= 4 is 56.5 Å². The number of phenolic OH excluding ortho intramolecular Hbond substituents is 1. The van der Waals surface area contributed by atoms with E-state index in [4.69, 9.17) is 4.74 Å². The lowest BCUT2D eigenvalue weighted by Gasteiger charge is -2.43. The average Bonchev–Trinajstić information content (AvgIpc) is 3.60. The number of H-pyrrole nitrogens is 1. The second-order valence-electron chi connectivity index (χ2n) is 10.1. The predicted octanol–water partition coefficient (Wildman–Crippen LogP) is 4.98. The van der Waals surface area contributed by atoms with E-state index in [-0.39, 0.29) is 63.2 Å². The van der Waals surface area contributed by atoms with E-state index < -0.39 is 0 Å². The third-order valence-corrected chi connectivity index (χ3v) is 11.6. The number of benzene rings is 2. The van der Waals surface area contributed by atoms with Crippen LogP contribution in [-0.4, -0.2) is 33.8 Å². The van der Waals surface area contributed by atoms with E-state index in [0.717, 1.165) is 26.4 Å². The summed E-state index contributed by atoms with van der Waals surface area (Å²) < 4.78 is 6.57. The summed E-state index contributed by atoms with van der Waals surface area (Å²) in [5, 5.41) is 11.3. The molecule has 37 heavy (non-hydrogen) atoms. The van der Waals surface area contributed by atoms with Gasteiger partial charge in [0.1, 0.15) is 0 Å². The Morgan fingerprint density at radius 1 is 1.08 bits per heavy atom. The van der Waals surface area contributed by atoms with Gasteiger partial charge in [0, 0.05) is 20.5 Å². The van der Waals surface area contributed by atoms with E-state index in [9.17, 15) is 19.5 Å². The number of fused-ring (bicyclic) bond motifs is 9.